The molecular weight excluding hydrogens is 243 g/mol. The molecule has 0 radical (unpaired) electrons. The summed E-state index contributed by atoms with van der Waals surface area (Å²) < 4.78 is 39.6. The van der Waals surface area contributed by atoms with Crippen molar-refractivity contribution in [1.82, 2.24) is 14.8 Å². The minimum Gasteiger partial charge on any atom is -0.272 e. The van der Waals surface area contributed by atoms with Gasteiger partial charge in [0, 0.05) is 12.1 Å². The van der Waals surface area contributed by atoms with E-state index in [0.717, 1.165) is 0 Å². The van der Waals surface area contributed by atoms with Crippen molar-refractivity contribution in [2.45, 2.75) is 0 Å². The summed E-state index contributed by atoms with van der Waals surface area (Å²) in [4.78, 5) is 11.2. The first-order valence-corrected chi connectivity index (χ1v) is 4.46. The lowest BCUT2D eigenvalue weighted by molar-refractivity contribution is 0.489. The first-order valence-electron chi connectivity index (χ1n) is 4.05. The van der Waals surface area contributed by atoms with Crippen LogP contribution in [-0.2, 0) is 0 Å². The number of nitrogens with one attached hydrogen (secondary N) is 2. The number of aromatic amines is 2. The van der Waals surface area contributed by atoms with Gasteiger partial charge in [-0.2, -0.15) is 0 Å². The summed E-state index contributed by atoms with van der Waals surface area (Å²) in [5.74, 6) is -3.74. The van der Waals surface area contributed by atoms with Crippen molar-refractivity contribution in [3.8, 4) is 5.69 Å². The van der Waals surface area contributed by atoms with Crippen LogP contribution in [0.1, 0.15) is 0 Å². The monoisotopic (exact) mass is 247 g/mol. The van der Waals surface area contributed by atoms with Gasteiger partial charge in [-0.3, -0.25) is 5.10 Å². The highest BCUT2D eigenvalue weighted by Gasteiger charge is 2.15. The molecule has 0 saturated heterocycles. The predicted octanol–water partition coefficient (Wildman–Crippen LogP) is 1.64. The van der Waals surface area contributed by atoms with Crippen LogP contribution in [0, 0.1) is 22.2 Å². The number of hydrogen-bond donors (Lipinski definition) is 2. The standard InChI is InChI=1S/C8H4F3N3OS/c9-3-1-4(10)6(11)5(2-3)14-7(15)12-13-8(14)16/h1-2H,(H,12,15)(H,13,16). The van der Waals surface area contributed by atoms with Crippen LogP contribution in [0.25, 0.3) is 5.69 Å². The number of nitrogens with zero attached hydrogens (tertiary/aromatic N) is 1. The largest absolute Gasteiger partial charge is 0.347 e. The van der Waals surface area contributed by atoms with E-state index in [1.54, 1.807) is 0 Å². The summed E-state index contributed by atoms with van der Waals surface area (Å²) in [5, 5.41) is 4.30. The van der Waals surface area contributed by atoms with Crippen LogP contribution < -0.4 is 5.69 Å². The minimum absolute atomic E-state index is 0.186. The highest BCUT2D eigenvalue weighted by Crippen LogP contribution is 2.17. The average molecular weight is 247 g/mol. The predicted molar refractivity (Wildman–Crippen MR) is 51.4 cm³/mol. The summed E-state index contributed by atoms with van der Waals surface area (Å²) in [6.45, 7) is 0. The first-order chi connectivity index (χ1) is 7.50. The molecule has 0 bridgehead atoms. The van der Waals surface area contributed by atoms with Gasteiger partial charge in [0.05, 0.1) is 5.69 Å². The highest BCUT2D eigenvalue weighted by atomic mass is 32.1. The molecule has 8 heteroatoms. The second-order valence-electron chi connectivity index (χ2n) is 2.92. The fourth-order valence-corrected chi connectivity index (χ4v) is 1.47. The van der Waals surface area contributed by atoms with Crippen molar-refractivity contribution in [2.24, 2.45) is 0 Å². The summed E-state index contributed by atoms with van der Waals surface area (Å²) in [6, 6.07) is 1.06. The average Bonchev–Trinajstić information content (AvgIpc) is 2.53. The second-order valence-corrected chi connectivity index (χ2v) is 3.30. The van der Waals surface area contributed by atoms with Gasteiger partial charge < -0.3 is 0 Å². The Morgan fingerprint density at radius 1 is 1.19 bits per heavy atom. The summed E-state index contributed by atoms with van der Waals surface area (Å²) in [6.07, 6.45) is 0. The lowest BCUT2D eigenvalue weighted by Gasteiger charge is -2.03. The Morgan fingerprint density at radius 2 is 1.88 bits per heavy atom. The van der Waals surface area contributed by atoms with Gasteiger partial charge in [0.25, 0.3) is 0 Å². The molecule has 16 heavy (non-hydrogen) atoms. The molecule has 0 aliphatic carbocycles. The molecule has 0 amide bonds. The molecule has 0 saturated carbocycles. The number of H-pyrrole nitrogens is 2. The molecule has 0 aliphatic heterocycles. The van der Waals surface area contributed by atoms with Crippen molar-refractivity contribution < 1.29 is 13.2 Å². The number of rotatable bonds is 1. The van der Waals surface area contributed by atoms with E-state index in [9.17, 15) is 18.0 Å². The van der Waals surface area contributed by atoms with Crippen LogP contribution in [0.5, 0.6) is 0 Å². The normalized spacial score (nSPS) is 10.7. The van der Waals surface area contributed by atoms with Crippen LogP contribution in [0.2, 0.25) is 0 Å². The van der Waals surface area contributed by atoms with Crippen LogP contribution in [-0.4, -0.2) is 14.8 Å². The van der Waals surface area contributed by atoms with E-state index in [1.165, 1.54) is 0 Å². The smallest absolute Gasteiger partial charge is 0.272 e. The van der Waals surface area contributed by atoms with Gasteiger partial charge in [0.2, 0.25) is 4.77 Å². The maximum Gasteiger partial charge on any atom is 0.347 e. The molecule has 1 heterocycles. The van der Waals surface area contributed by atoms with Gasteiger partial charge in [-0.05, 0) is 12.2 Å². The van der Waals surface area contributed by atoms with Gasteiger partial charge in [-0.1, -0.05) is 0 Å². The maximum atomic E-state index is 13.3. The summed E-state index contributed by atoms with van der Waals surface area (Å²) in [7, 11) is 0. The van der Waals surface area contributed by atoms with Crippen molar-refractivity contribution in [1.29, 1.82) is 0 Å². The van der Waals surface area contributed by atoms with E-state index in [1.807, 2.05) is 0 Å². The van der Waals surface area contributed by atoms with Crippen molar-refractivity contribution in [2.75, 3.05) is 0 Å². The summed E-state index contributed by atoms with van der Waals surface area (Å²) >= 11 is 4.67. The first kappa shape index (κ1) is 10.7. The molecule has 0 aliphatic rings. The SMILES string of the molecule is O=c1[nH][nH]c(=S)n1-c1cc(F)cc(F)c1F. The fraction of sp³-hybridized carbons (Fsp3) is 0. The van der Waals surface area contributed by atoms with Gasteiger partial charge in [0.1, 0.15) is 5.82 Å². The zero-order valence-electron chi connectivity index (χ0n) is 7.55. The third-order valence-corrected chi connectivity index (χ3v) is 2.18. The Hall–Kier alpha value is -1.83. The van der Waals surface area contributed by atoms with Crippen LogP contribution in [0.3, 0.4) is 0 Å². The fourth-order valence-electron chi connectivity index (χ4n) is 1.23. The van der Waals surface area contributed by atoms with E-state index < -0.39 is 28.8 Å². The molecular formula is C8H4F3N3OS. The Kier molecular flexibility index (Phi) is 2.43. The Bertz CT molecular complexity index is 630. The van der Waals surface area contributed by atoms with Crippen LogP contribution >= 0.6 is 12.2 Å². The molecule has 0 fully saturated rings. The van der Waals surface area contributed by atoms with E-state index in [0.29, 0.717) is 16.7 Å². The van der Waals surface area contributed by atoms with E-state index in [-0.39, 0.29) is 4.77 Å². The summed E-state index contributed by atoms with van der Waals surface area (Å²) in [5.41, 5.74) is -1.39. The molecule has 4 nitrogen and oxygen atoms in total. The van der Waals surface area contributed by atoms with E-state index in [2.05, 4.69) is 22.4 Å². The van der Waals surface area contributed by atoms with E-state index in [4.69, 9.17) is 0 Å². The van der Waals surface area contributed by atoms with Gasteiger partial charge >= 0.3 is 5.69 Å². The van der Waals surface area contributed by atoms with Gasteiger partial charge in [-0.25, -0.2) is 27.6 Å². The van der Waals surface area contributed by atoms with E-state index >= 15 is 0 Å². The van der Waals surface area contributed by atoms with Gasteiger partial charge in [-0.15, -0.1) is 0 Å². The zero-order chi connectivity index (χ0) is 11.9. The number of hydrogen-bond acceptors (Lipinski definition) is 2. The molecule has 2 aromatic rings. The minimum atomic E-state index is -1.39. The second kappa shape index (κ2) is 3.63. The number of benzene rings is 1. The molecule has 2 rings (SSSR count). The van der Waals surface area contributed by atoms with Gasteiger partial charge in [0.15, 0.2) is 11.6 Å². The lowest BCUT2D eigenvalue weighted by atomic mass is 10.3. The molecule has 1 aromatic heterocycles. The zero-order valence-corrected chi connectivity index (χ0v) is 8.37. The van der Waals surface area contributed by atoms with Crippen LogP contribution in [0.4, 0.5) is 13.2 Å². The van der Waals surface area contributed by atoms with Crippen molar-refractivity contribution in [3.63, 3.8) is 0 Å². The molecule has 0 spiro atoms. The highest BCUT2D eigenvalue weighted by molar-refractivity contribution is 7.71. The molecule has 0 atom stereocenters. The molecule has 1 aromatic carbocycles. The third kappa shape index (κ3) is 1.56. The van der Waals surface area contributed by atoms with Crippen LogP contribution in [0.15, 0.2) is 16.9 Å². The molecule has 0 unspecified atom stereocenters. The molecule has 84 valence electrons. The quantitative estimate of drug-likeness (QED) is 0.594. The van der Waals surface area contributed by atoms with Crippen molar-refractivity contribution >= 4 is 12.2 Å². The van der Waals surface area contributed by atoms with Crippen molar-refractivity contribution in [3.05, 3.63) is 44.8 Å². The maximum absolute atomic E-state index is 13.3. The molecule has 2 N–H and O–H groups in total. The third-order valence-electron chi connectivity index (χ3n) is 1.90. The Labute approximate surface area is 91.3 Å². The topological polar surface area (TPSA) is 53.6 Å². The number of halogens is 3. The Balaban J connectivity index is 2.84. The number of aromatic nitrogens is 3. The Morgan fingerprint density at radius 3 is 2.44 bits per heavy atom. The lowest BCUT2D eigenvalue weighted by Crippen LogP contribution is -2.17.